The Morgan fingerprint density at radius 2 is 1.61 bits per heavy atom. The third-order valence-electron chi connectivity index (χ3n) is 8.63. The van der Waals surface area contributed by atoms with Crippen molar-refractivity contribution >= 4 is 51.1 Å². The first-order valence-corrected chi connectivity index (χ1v) is 22.1. The average molecular weight is 642 g/mol. The summed E-state index contributed by atoms with van der Waals surface area (Å²) in [4.78, 5) is 15.4. The minimum atomic E-state index is -2.08. The number of hydrogen-bond acceptors (Lipinski definition) is 7. The first kappa shape index (κ1) is 36.3. The summed E-state index contributed by atoms with van der Waals surface area (Å²) in [6, 6.07) is 8.01. The summed E-state index contributed by atoms with van der Waals surface area (Å²) >= 11 is 6.95. The van der Waals surface area contributed by atoms with Crippen molar-refractivity contribution in [2.75, 3.05) is 12.8 Å². The van der Waals surface area contributed by atoms with Crippen LogP contribution in [-0.4, -0.2) is 62.6 Å². The molecule has 3 atom stereocenters. The van der Waals surface area contributed by atoms with Gasteiger partial charge in [-0.3, -0.25) is 4.90 Å². The van der Waals surface area contributed by atoms with E-state index in [0.29, 0.717) is 24.0 Å². The van der Waals surface area contributed by atoms with Crippen LogP contribution in [0.25, 0.3) is 0 Å². The molecule has 2 rings (SSSR count). The quantitative estimate of drug-likeness (QED) is 0.207. The molecule has 0 spiro atoms. The fourth-order valence-electron chi connectivity index (χ4n) is 4.18. The summed E-state index contributed by atoms with van der Waals surface area (Å²) in [6.45, 7) is 29.1. The van der Waals surface area contributed by atoms with Crippen molar-refractivity contribution in [2.24, 2.45) is 0 Å². The molecule has 0 saturated carbocycles. The van der Waals surface area contributed by atoms with Crippen molar-refractivity contribution in [1.82, 2.24) is 4.90 Å². The number of rotatable bonds is 8. The zero-order valence-electron chi connectivity index (χ0n) is 28.0. The monoisotopic (exact) mass is 641 g/mol. The fraction of sp³-hybridized carbons (Fsp3) is 0.742. The molecule has 0 radical (unpaired) electrons. The lowest BCUT2D eigenvalue weighted by Gasteiger charge is -2.38. The molecule has 1 unspecified atom stereocenters. The van der Waals surface area contributed by atoms with Crippen LogP contribution < -0.4 is 0 Å². The zero-order chi connectivity index (χ0) is 31.6. The zero-order valence-corrected chi connectivity index (χ0v) is 31.6. The van der Waals surface area contributed by atoms with Gasteiger partial charge in [-0.25, -0.2) is 4.79 Å². The lowest BCUT2D eigenvalue weighted by atomic mass is 9.98. The maximum Gasteiger partial charge on any atom is 0.410 e. The van der Waals surface area contributed by atoms with Gasteiger partial charge in [0.15, 0.2) is 16.6 Å². The molecule has 1 heterocycles. The molecule has 234 valence electrons. The van der Waals surface area contributed by atoms with E-state index in [0.717, 1.165) is 11.1 Å². The van der Waals surface area contributed by atoms with E-state index < -0.39 is 28.3 Å². The maximum atomic E-state index is 13.6. The van der Waals surface area contributed by atoms with Crippen molar-refractivity contribution < 1.29 is 23.1 Å². The van der Waals surface area contributed by atoms with E-state index in [9.17, 15) is 4.79 Å². The number of amides is 1. The Kier molecular flexibility index (Phi) is 11.8. The molecular weight excluding hydrogens is 587 g/mol. The lowest BCUT2D eigenvalue weighted by molar-refractivity contribution is 0.00758. The SMILES string of the molecule is CSC(=S)OC(c1cccc(CO[Si](C)(C)C(C)(C)C)c1)[C@@H]1C[C@@H](O[Si](C)(C)C(C)(C)C)CN1C(=O)OC(C)(C)C. The summed E-state index contributed by atoms with van der Waals surface area (Å²) < 4.78 is 26.1. The summed E-state index contributed by atoms with van der Waals surface area (Å²) in [7, 11) is -4.00. The first-order valence-electron chi connectivity index (χ1n) is 14.6. The summed E-state index contributed by atoms with van der Waals surface area (Å²) in [6.07, 6.45) is 1.60. The normalized spacial score (nSPS) is 19.7. The second-order valence-corrected chi connectivity index (χ2v) is 26.2. The Balaban J connectivity index is 2.48. The van der Waals surface area contributed by atoms with Crippen molar-refractivity contribution in [2.45, 2.75) is 135 Å². The van der Waals surface area contributed by atoms with Gasteiger partial charge in [-0.2, -0.15) is 0 Å². The van der Waals surface area contributed by atoms with Gasteiger partial charge in [-0.1, -0.05) is 71.5 Å². The Morgan fingerprint density at radius 1 is 1.02 bits per heavy atom. The van der Waals surface area contributed by atoms with Gasteiger partial charge < -0.3 is 18.3 Å². The summed E-state index contributed by atoms with van der Waals surface area (Å²) in [5.74, 6) is 0. The maximum absolute atomic E-state index is 13.6. The number of likely N-dealkylation sites (tertiary alicyclic amines) is 1. The van der Waals surface area contributed by atoms with Crippen molar-refractivity contribution in [1.29, 1.82) is 0 Å². The van der Waals surface area contributed by atoms with Crippen LogP contribution >= 0.6 is 24.0 Å². The van der Waals surface area contributed by atoms with E-state index in [1.54, 1.807) is 4.90 Å². The highest BCUT2D eigenvalue weighted by Crippen LogP contribution is 2.42. The topological polar surface area (TPSA) is 57.2 Å². The molecule has 0 bridgehead atoms. The molecule has 0 aromatic heterocycles. The number of carbonyl (C=O) groups is 1. The van der Waals surface area contributed by atoms with Gasteiger partial charge >= 0.3 is 6.09 Å². The van der Waals surface area contributed by atoms with Crippen molar-refractivity contribution in [3.63, 3.8) is 0 Å². The minimum Gasteiger partial charge on any atom is -0.468 e. The highest BCUT2D eigenvalue weighted by molar-refractivity contribution is 8.22. The largest absolute Gasteiger partial charge is 0.468 e. The van der Waals surface area contributed by atoms with E-state index in [1.807, 2.05) is 33.1 Å². The predicted molar refractivity (Wildman–Crippen MR) is 182 cm³/mol. The van der Waals surface area contributed by atoms with Gasteiger partial charge in [0.1, 0.15) is 11.7 Å². The van der Waals surface area contributed by atoms with Gasteiger partial charge in [0.25, 0.3) is 0 Å². The molecule has 1 amide bonds. The third-order valence-corrected chi connectivity index (χ3v) is 18.7. The Bertz CT molecular complexity index is 1060. The Labute approximate surface area is 261 Å². The van der Waals surface area contributed by atoms with E-state index >= 15 is 0 Å². The summed E-state index contributed by atoms with van der Waals surface area (Å²) in [5, 5.41) is 0.175. The molecule has 0 aliphatic carbocycles. The van der Waals surface area contributed by atoms with E-state index in [4.69, 9.17) is 30.5 Å². The van der Waals surface area contributed by atoms with Crippen LogP contribution in [-0.2, 0) is 24.9 Å². The molecule has 1 aromatic carbocycles. The molecule has 6 nitrogen and oxygen atoms in total. The van der Waals surface area contributed by atoms with Crippen LogP contribution in [0.2, 0.25) is 36.3 Å². The molecule has 1 aromatic rings. The van der Waals surface area contributed by atoms with Crippen molar-refractivity contribution in [3.05, 3.63) is 35.4 Å². The van der Waals surface area contributed by atoms with Crippen LogP contribution in [0.3, 0.4) is 0 Å². The predicted octanol–water partition coefficient (Wildman–Crippen LogP) is 9.31. The van der Waals surface area contributed by atoms with E-state index in [2.05, 4.69) is 85.9 Å². The van der Waals surface area contributed by atoms with Gasteiger partial charge in [0.2, 0.25) is 4.38 Å². The Hall–Kier alpha value is -0.916. The summed E-state index contributed by atoms with van der Waals surface area (Å²) in [5.41, 5.74) is 1.42. The van der Waals surface area contributed by atoms with Gasteiger partial charge in [-0.05, 0) is 99.1 Å². The van der Waals surface area contributed by atoms with Gasteiger partial charge in [0, 0.05) is 6.54 Å². The van der Waals surface area contributed by atoms with Crippen LogP contribution in [0.4, 0.5) is 4.79 Å². The minimum absolute atomic E-state index is 0.0522. The molecule has 1 aliphatic rings. The second-order valence-electron chi connectivity index (χ2n) is 15.2. The standard InChI is InChI=1S/C31H55NO5S2Si2/c1-29(2,3)36-27(33)32-20-24(37-41(13,14)31(7,8)9)19-25(32)26(35-28(38)39-10)23-17-15-16-22(18-23)21-34-40(11,12)30(4,5)6/h15-18,24-26H,19-21H2,1-14H3/t24-,25+,26?/m1/s1. The molecule has 1 aliphatic heterocycles. The Morgan fingerprint density at radius 3 is 2.12 bits per heavy atom. The molecule has 0 N–H and O–H groups in total. The highest BCUT2D eigenvalue weighted by atomic mass is 32.2. The van der Waals surface area contributed by atoms with Gasteiger partial charge in [-0.15, -0.1) is 0 Å². The number of hydrogen-bond donors (Lipinski definition) is 0. The van der Waals surface area contributed by atoms with Crippen LogP contribution in [0.15, 0.2) is 24.3 Å². The smallest absolute Gasteiger partial charge is 0.410 e. The number of benzene rings is 1. The average Bonchev–Trinajstić information content (AvgIpc) is 3.21. The van der Waals surface area contributed by atoms with E-state index in [1.165, 1.54) is 11.8 Å². The first-order chi connectivity index (χ1) is 18.5. The molecule has 1 fully saturated rings. The second kappa shape index (κ2) is 13.4. The number of carbonyl (C=O) groups excluding carboxylic acids is 1. The number of ether oxygens (including phenoxy) is 2. The lowest BCUT2D eigenvalue weighted by Crippen LogP contribution is -2.45. The fourth-order valence-corrected chi connectivity index (χ4v) is 6.80. The number of thiocarbonyl (C=S) groups is 1. The number of nitrogens with zero attached hydrogens (tertiary/aromatic N) is 1. The number of thioether (sulfide) groups is 1. The van der Waals surface area contributed by atoms with Gasteiger partial charge in [0.05, 0.1) is 18.8 Å². The van der Waals surface area contributed by atoms with Crippen molar-refractivity contribution in [3.8, 4) is 0 Å². The molecule has 10 heteroatoms. The van der Waals surface area contributed by atoms with Crippen LogP contribution in [0.5, 0.6) is 0 Å². The third kappa shape index (κ3) is 10.1. The molecular formula is C31H55NO5S2Si2. The van der Waals surface area contributed by atoms with E-state index in [-0.39, 0.29) is 28.3 Å². The molecule has 1 saturated heterocycles. The molecule has 41 heavy (non-hydrogen) atoms. The van der Waals surface area contributed by atoms with Crippen LogP contribution in [0, 0.1) is 0 Å². The highest BCUT2D eigenvalue weighted by Gasteiger charge is 2.47. The van der Waals surface area contributed by atoms with Crippen LogP contribution in [0.1, 0.15) is 86.0 Å².